The second kappa shape index (κ2) is 13.1. The highest BCUT2D eigenvalue weighted by atomic mass is 79.9. The second-order valence-corrected chi connectivity index (χ2v) is 7.71. The lowest BCUT2D eigenvalue weighted by atomic mass is 10.1. The number of carbonyl (C=O) groups is 2. The van der Waals surface area contributed by atoms with Crippen molar-refractivity contribution in [1.82, 2.24) is 10.2 Å². The van der Waals surface area contributed by atoms with Crippen molar-refractivity contribution in [2.75, 3.05) is 51.8 Å². The van der Waals surface area contributed by atoms with Crippen LogP contribution in [0.1, 0.15) is 34.6 Å². The molecule has 0 saturated heterocycles. The highest BCUT2D eigenvalue weighted by Gasteiger charge is 2.14. The first kappa shape index (κ1) is 24.8. The van der Waals surface area contributed by atoms with Crippen LogP contribution in [0, 0.1) is 0 Å². The second-order valence-electron chi connectivity index (χ2n) is 6.80. The SMILES string of the molecule is CCN(CC)CCNC(=O)c1ccc(NC(=O)c2cc(Br)ccc2OCCOC)cc1. The van der Waals surface area contributed by atoms with Crippen molar-refractivity contribution in [3.05, 3.63) is 58.1 Å². The fourth-order valence-corrected chi connectivity index (χ4v) is 3.27. The summed E-state index contributed by atoms with van der Waals surface area (Å²) in [5.74, 6) is 0.0398. The number of hydrogen-bond acceptors (Lipinski definition) is 5. The van der Waals surface area contributed by atoms with Crippen LogP contribution in [0.3, 0.4) is 0 Å². The van der Waals surface area contributed by atoms with Crippen LogP contribution in [-0.2, 0) is 4.74 Å². The lowest BCUT2D eigenvalue weighted by Gasteiger charge is -2.18. The Bertz CT molecular complexity index is 854. The van der Waals surface area contributed by atoms with Gasteiger partial charge >= 0.3 is 0 Å². The lowest BCUT2D eigenvalue weighted by molar-refractivity contribution is 0.0948. The van der Waals surface area contributed by atoms with Crippen LogP contribution in [0.5, 0.6) is 5.75 Å². The summed E-state index contributed by atoms with van der Waals surface area (Å²) in [6.45, 7) is 8.28. The third-order valence-electron chi connectivity index (χ3n) is 4.74. The molecule has 2 aromatic rings. The first-order valence-electron chi connectivity index (χ1n) is 10.3. The van der Waals surface area contributed by atoms with Crippen molar-refractivity contribution in [3.8, 4) is 5.75 Å². The van der Waals surface area contributed by atoms with Crippen LogP contribution < -0.4 is 15.4 Å². The third-order valence-corrected chi connectivity index (χ3v) is 5.24. The number of carbonyl (C=O) groups excluding carboxylic acids is 2. The Kier molecular flexibility index (Phi) is 10.5. The van der Waals surface area contributed by atoms with E-state index in [0.29, 0.717) is 42.3 Å². The van der Waals surface area contributed by atoms with Gasteiger partial charge in [0.2, 0.25) is 0 Å². The average molecular weight is 492 g/mol. The Labute approximate surface area is 192 Å². The molecular formula is C23H30BrN3O4. The van der Waals surface area contributed by atoms with Crippen molar-refractivity contribution in [2.24, 2.45) is 0 Å². The van der Waals surface area contributed by atoms with Crippen molar-refractivity contribution in [3.63, 3.8) is 0 Å². The number of halogens is 1. The summed E-state index contributed by atoms with van der Waals surface area (Å²) in [6.07, 6.45) is 0. The van der Waals surface area contributed by atoms with E-state index in [2.05, 4.69) is 45.3 Å². The van der Waals surface area contributed by atoms with Gasteiger partial charge < -0.3 is 25.0 Å². The number of rotatable bonds is 12. The zero-order chi connectivity index (χ0) is 22.6. The molecule has 0 bridgehead atoms. The molecule has 0 aliphatic rings. The van der Waals surface area contributed by atoms with Gasteiger partial charge in [0.1, 0.15) is 12.4 Å². The van der Waals surface area contributed by atoms with E-state index in [1.165, 1.54) is 0 Å². The van der Waals surface area contributed by atoms with Gasteiger partial charge in [0.05, 0.1) is 12.2 Å². The Balaban J connectivity index is 1.97. The van der Waals surface area contributed by atoms with E-state index in [1.807, 2.05) is 6.07 Å². The van der Waals surface area contributed by atoms with Gasteiger partial charge in [-0.2, -0.15) is 0 Å². The highest BCUT2D eigenvalue weighted by Crippen LogP contribution is 2.24. The number of ether oxygens (including phenoxy) is 2. The molecule has 2 rings (SSSR count). The summed E-state index contributed by atoms with van der Waals surface area (Å²) in [6, 6.07) is 12.1. The smallest absolute Gasteiger partial charge is 0.259 e. The topological polar surface area (TPSA) is 79.9 Å². The molecule has 0 saturated carbocycles. The molecule has 0 atom stereocenters. The summed E-state index contributed by atoms with van der Waals surface area (Å²) in [5, 5.41) is 5.77. The molecular weight excluding hydrogens is 462 g/mol. The summed E-state index contributed by atoms with van der Waals surface area (Å²) in [7, 11) is 1.59. The Hall–Kier alpha value is -2.42. The fraction of sp³-hybridized carbons (Fsp3) is 0.391. The zero-order valence-electron chi connectivity index (χ0n) is 18.2. The average Bonchev–Trinajstić information content (AvgIpc) is 2.78. The maximum atomic E-state index is 12.8. The molecule has 0 heterocycles. The molecule has 8 heteroatoms. The van der Waals surface area contributed by atoms with Crippen LogP contribution in [0.4, 0.5) is 5.69 Å². The molecule has 0 unspecified atom stereocenters. The summed E-state index contributed by atoms with van der Waals surface area (Å²) in [5.41, 5.74) is 1.54. The Morgan fingerprint density at radius 3 is 2.35 bits per heavy atom. The van der Waals surface area contributed by atoms with Gasteiger partial charge in [-0.1, -0.05) is 29.8 Å². The molecule has 2 amide bonds. The van der Waals surface area contributed by atoms with Gasteiger partial charge in [-0.05, 0) is 55.6 Å². The summed E-state index contributed by atoms with van der Waals surface area (Å²) >= 11 is 3.39. The number of nitrogens with zero attached hydrogens (tertiary/aromatic N) is 1. The number of methoxy groups -OCH3 is 1. The number of hydrogen-bond donors (Lipinski definition) is 2. The largest absolute Gasteiger partial charge is 0.490 e. The first-order valence-corrected chi connectivity index (χ1v) is 11.1. The van der Waals surface area contributed by atoms with Gasteiger partial charge in [-0.15, -0.1) is 0 Å². The Morgan fingerprint density at radius 1 is 1.00 bits per heavy atom. The summed E-state index contributed by atoms with van der Waals surface area (Å²) < 4.78 is 11.4. The van der Waals surface area contributed by atoms with Crippen LogP contribution in [-0.4, -0.2) is 63.2 Å². The van der Waals surface area contributed by atoms with Crippen LogP contribution in [0.15, 0.2) is 46.9 Å². The van der Waals surface area contributed by atoms with Crippen LogP contribution in [0.2, 0.25) is 0 Å². The molecule has 168 valence electrons. The molecule has 0 fully saturated rings. The molecule has 0 aliphatic heterocycles. The first-order chi connectivity index (χ1) is 15.0. The maximum Gasteiger partial charge on any atom is 0.259 e. The van der Waals surface area contributed by atoms with Gasteiger partial charge in [-0.3, -0.25) is 9.59 Å². The van der Waals surface area contributed by atoms with Gasteiger partial charge in [0.25, 0.3) is 11.8 Å². The predicted octanol–water partition coefficient (Wildman–Crippen LogP) is 3.80. The van der Waals surface area contributed by atoms with E-state index in [4.69, 9.17) is 9.47 Å². The molecule has 0 spiro atoms. The molecule has 0 aliphatic carbocycles. The fourth-order valence-electron chi connectivity index (χ4n) is 2.91. The van der Waals surface area contributed by atoms with Crippen molar-refractivity contribution < 1.29 is 19.1 Å². The Morgan fingerprint density at radius 2 is 1.71 bits per heavy atom. The van der Waals surface area contributed by atoms with E-state index in [-0.39, 0.29) is 11.8 Å². The summed E-state index contributed by atoms with van der Waals surface area (Å²) in [4.78, 5) is 27.3. The van der Waals surface area contributed by atoms with Gasteiger partial charge in [-0.25, -0.2) is 0 Å². The van der Waals surface area contributed by atoms with Gasteiger partial charge in [0.15, 0.2) is 0 Å². The zero-order valence-corrected chi connectivity index (χ0v) is 19.8. The normalized spacial score (nSPS) is 10.7. The third kappa shape index (κ3) is 7.97. The lowest BCUT2D eigenvalue weighted by Crippen LogP contribution is -2.34. The van der Waals surface area contributed by atoms with E-state index >= 15 is 0 Å². The standard InChI is InChI=1S/C23H30BrN3O4/c1-4-27(5-2)13-12-25-22(28)17-6-9-19(10-7-17)26-23(29)20-16-18(24)8-11-21(20)31-15-14-30-3/h6-11,16H,4-5,12-15H2,1-3H3,(H,25,28)(H,26,29). The molecule has 0 aromatic heterocycles. The minimum Gasteiger partial charge on any atom is -0.490 e. The number of benzene rings is 2. The number of anilines is 1. The quantitative estimate of drug-likeness (QED) is 0.441. The minimum absolute atomic E-state index is 0.133. The number of nitrogens with one attached hydrogen (secondary N) is 2. The van der Waals surface area contributed by atoms with Crippen molar-refractivity contribution in [1.29, 1.82) is 0 Å². The van der Waals surface area contributed by atoms with Crippen LogP contribution in [0.25, 0.3) is 0 Å². The van der Waals surface area contributed by atoms with Crippen LogP contribution >= 0.6 is 15.9 Å². The molecule has 0 radical (unpaired) electrons. The van der Waals surface area contributed by atoms with E-state index < -0.39 is 0 Å². The number of likely N-dealkylation sites (N-methyl/N-ethyl adjacent to an activating group) is 1. The monoisotopic (exact) mass is 491 g/mol. The van der Waals surface area contributed by atoms with E-state index in [0.717, 1.165) is 24.1 Å². The van der Waals surface area contributed by atoms with Crippen molar-refractivity contribution >= 4 is 33.4 Å². The molecule has 2 N–H and O–H groups in total. The molecule has 2 aromatic carbocycles. The predicted molar refractivity (Wildman–Crippen MR) is 126 cm³/mol. The van der Waals surface area contributed by atoms with Gasteiger partial charge in [0, 0.05) is 35.9 Å². The van der Waals surface area contributed by atoms with E-state index in [9.17, 15) is 9.59 Å². The van der Waals surface area contributed by atoms with E-state index in [1.54, 1.807) is 43.5 Å². The number of amides is 2. The molecule has 31 heavy (non-hydrogen) atoms. The van der Waals surface area contributed by atoms with Crippen molar-refractivity contribution in [2.45, 2.75) is 13.8 Å². The minimum atomic E-state index is -0.301. The molecule has 7 nitrogen and oxygen atoms in total. The maximum absolute atomic E-state index is 12.8. The highest BCUT2D eigenvalue weighted by molar-refractivity contribution is 9.10.